The van der Waals surface area contributed by atoms with E-state index in [1.807, 2.05) is 18.2 Å². The van der Waals surface area contributed by atoms with Gasteiger partial charge in [0.25, 0.3) is 0 Å². The molecule has 5 heteroatoms. The van der Waals surface area contributed by atoms with E-state index in [0.717, 1.165) is 24.3 Å². The van der Waals surface area contributed by atoms with Crippen LogP contribution in [0.4, 0.5) is 5.69 Å². The number of methoxy groups -OCH3 is 2. The fourth-order valence-corrected chi connectivity index (χ4v) is 2.65. The highest BCUT2D eigenvalue weighted by molar-refractivity contribution is 9.10. The predicted octanol–water partition coefficient (Wildman–Crippen LogP) is 2.59. The summed E-state index contributed by atoms with van der Waals surface area (Å²) < 4.78 is 10.5. The van der Waals surface area contributed by atoms with Crippen molar-refractivity contribution in [3.8, 4) is 11.5 Å². The zero-order valence-corrected chi connectivity index (χ0v) is 12.1. The Balaban J connectivity index is 2.38. The Morgan fingerprint density at radius 1 is 1.33 bits per heavy atom. The number of hydrogen-bond donors (Lipinski definition) is 0. The Labute approximate surface area is 115 Å². The predicted molar refractivity (Wildman–Crippen MR) is 73.8 cm³/mol. The van der Waals surface area contributed by atoms with Crippen molar-refractivity contribution in [2.75, 3.05) is 25.7 Å². The summed E-state index contributed by atoms with van der Waals surface area (Å²) in [4.78, 5) is 13.8. The van der Waals surface area contributed by atoms with Crippen LogP contribution in [0, 0.1) is 0 Å². The maximum absolute atomic E-state index is 12.2. The van der Waals surface area contributed by atoms with E-state index >= 15 is 0 Å². The molecule has 4 nitrogen and oxygen atoms in total. The van der Waals surface area contributed by atoms with Crippen LogP contribution in [0.3, 0.4) is 0 Å². The maximum atomic E-state index is 12.2. The van der Waals surface area contributed by atoms with Gasteiger partial charge in [-0.25, -0.2) is 0 Å². The first-order chi connectivity index (χ1) is 8.67. The average molecular weight is 314 g/mol. The summed E-state index contributed by atoms with van der Waals surface area (Å²) in [6, 6.07) is 5.48. The SMILES string of the molecule is COc1ccc(OC)c(N2CCCC(Br)C2=O)c1. The molecule has 0 saturated carbocycles. The van der Waals surface area contributed by atoms with Crippen LogP contribution in [0.5, 0.6) is 11.5 Å². The van der Waals surface area contributed by atoms with Crippen molar-refractivity contribution in [2.24, 2.45) is 0 Å². The van der Waals surface area contributed by atoms with Crippen LogP contribution in [0.1, 0.15) is 12.8 Å². The summed E-state index contributed by atoms with van der Waals surface area (Å²) in [5.41, 5.74) is 0.769. The highest BCUT2D eigenvalue weighted by atomic mass is 79.9. The van der Waals surface area contributed by atoms with E-state index in [0.29, 0.717) is 12.3 Å². The number of rotatable bonds is 3. The summed E-state index contributed by atoms with van der Waals surface area (Å²) in [6.07, 6.45) is 1.85. The van der Waals surface area contributed by atoms with Gasteiger partial charge in [-0.3, -0.25) is 4.79 Å². The molecule has 1 saturated heterocycles. The van der Waals surface area contributed by atoms with Crippen molar-refractivity contribution in [3.05, 3.63) is 18.2 Å². The lowest BCUT2D eigenvalue weighted by Gasteiger charge is -2.31. The van der Waals surface area contributed by atoms with E-state index in [2.05, 4.69) is 15.9 Å². The molecule has 98 valence electrons. The van der Waals surface area contributed by atoms with Crippen molar-refractivity contribution in [3.63, 3.8) is 0 Å². The second kappa shape index (κ2) is 5.61. The largest absolute Gasteiger partial charge is 0.497 e. The molecule has 0 aliphatic carbocycles. The number of amides is 1. The van der Waals surface area contributed by atoms with Crippen molar-refractivity contribution in [1.82, 2.24) is 0 Å². The number of nitrogens with zero attached hydrogens (tertiary/aromatic N) is 1. The molecular weight excluding hydrogens is 298 g/mol. The monoisotopic (exact) mass is 313 g/mol. The highest BCUT2D eigenvalue weighted by Gasteiger charge is 2.29. The summed E-state index contributed by atoms with van der Waals surface area (Å²) in [5.74, 6) is 1.48. The van der Waals surface area contributed by atoms with Gasteiger partial charge in [-0.1, -0.05) is 15.9 Å². The van der Waals surface area contributed by atoms with Gasteiger partial charge in [0.2, 0.25) is 5.91 Å². The fourth-order valence-electron chi connectivity index (χ4n) is 2.08. The van der Waals surface area contributed by atoms with Gasteiger partial charge in [0.15, 0.2) is 0 Å². The molecule has 0 bridgehead atoms. The molecule has 1 aromatic rings. The molecule has 0 radical (unpaired) electrons. The lowest BCUT2D eigenvalue weighted by atomic mass is 10.1. The minimum atomic E-state index is -0.109. The summed E-state index contributed by atoms with van der Waals surface area (Å²) in [6.45, 7) is 0.713. The van der Waals surface area contributed by atoms with Gasteiger partial charge >= 0.3 is 0 Å². The molecule has 1 atom stereocenters. The van der Waals surface area contributed by atoms with E-state index in [1.165, 1.54) is 0 Å². The first kappa shape index (κ1) is 13.2. The van der Waals surface area contributed by atoms with Gasteiger partial charge < -0.3 is 14.4 Å². The minimum Gasteiger partial charge on any atom is -0.497 e. The second-order valence-corrected chi connectivity index (χ2v) is 5.24. The first-order valence-corrected chi connectivity index (χ1v) is 6.76. The summed E-state index contributed by atoms with van der Waals surface area (Å²) in [7, 11) is 3.21. The second-order valence-electron chi connectivity index (χ2n) is 4.14. The molecule has 18 heavy (non-hydrogen) atoms. The van der Waals surface area contributed by atoms with E-state index < -0.39 is 0 Å². The van der Waals surface area contributed by atoms with Gasteiger partial charge in [-0.05, 0) is 25.0 Å². The Morgan fingerprint density at radius 3 is 2.78 bits per heavy atom. The van der Waals surface area contributed by atoms with E-state index in [-0.39, 0.29) is 10.7 Å². The third kappa shape index (κ3) is 2.46. The molecule has 1 aliphatic heterocycles. The fraction of sp³-hybridized carbons (Fsp3) is 0.462. The Hall–Kier alpha value is -1.23. The molecule has 2 rings (SSSR count). The number of hydrogen-bond acceptors (Lipinski definition) is 3. The number of benzene rings is 1. The Morgan fingerprint density at radius 2 is 2.11 bits per heavy atom. The molecule has 0 spiro atoms. The van der Waals surface area contributed by atoms with Crippen molar-refractivity contribution < 1.29 is 14.3 Å². The highest BCUT2D eigenvalue weighted by Crippen LogP contribution is 2.35. The van der Waals surface area contributed by atoms with Crippen LogP contribution in [0.25, 0.3) is 0 Å². The van der Waals surface area contributed by atoms with Crippen LogP contribution in [-0.2, 0) is 4.79 Å². The number of ether oxygens (including phenoxy) is 2. The standard InChI is InChI=1S/C13H16BrNO3/c1-17-9-5-6-12(18-2)11(8-9)15-7-3-4-10(14)13(15)16/h5-6,8,10H,3-4,7H2,1-2H3. The molecule has 0 N–H and O–H groups in total. The van der Waals surface area contributed by atoms with Gasteiger partial charge in [-0.2, -0.15) is 0 Å². The molecule has 1 aliphatic rings. The van der Waals surface area contributed by atoms with E-state index in [9.17, 15) is 4.79 Å². The zero-order valence-electron chi connectivity index (χ0n) is 10.5. The third-order valence-corrected chi connectivity index (χ3v) is 3.90. The first-order valence-electron chi connectivity index (χ1n) is 5.85. The summed E-state index contributed by atoms with van der Waals surface area (Å²) in [5, 5.41) is 0. The number of anilines is 1. The van der Waals surface area contributed by atoms with Crippen molar-refractivity contribution in [2.45, 2.75) is 17.7 Å². The van der Waals surface area contributed by atoms with Crippen LogP contribution in [0.15, 0.2) is 18.2 Å². The van der Waals surface area contributed by atoms with Crippen LogP contribution in [0.2, 0.25) is 0 Å². The van der Waals surface area contributed by atoms with E-state index in [4.69, 9.17) is 9.47 Å². The quantitative estimate of drug-likeness (QED) is 0.805. The lowest BCUT2D eigenvalue weighted by molar-refractivity contribution is -0.118. The number of carbonyl (C=O) groups is 1. The molecular formula is C13H16BrNO3. The molecule has 1 heterocycles. The van der Waals surface area contributed by atoms with Crippen LogP contribution >= 0.6 is 15.9 Å². The maximum Gasteiger partial charge on any atom is 0.240 e. The third-order valence-electron chi connectivity index (χ3n) is 3.05. The topological polar surface area (TPSA) is 38.8 Å². The Kier molecular flexibility index (Phi) is 4.11. The molecule has 1 amide bonds. The smallest absolute Gasteiger partial charge is 0.240 e. The minimum absolute atomic E-state index is 0.0767. The van der Waals surface area contributed by atoms with Gasteiger partial charge in [-0.15, -0.1) is 0 Å². The number of carbonyl (C=O) groups excluding carboxylic acids is 1. The van der Waals surface area contributed by atoms with Gasteiger partial charge in [0.05, 0.1) is 24.7 Å². The zero-order chi connectivity index (χ0) is 13.1. The molecule has 1 fully saturated rings. The number of piperidine rings is 1. The molecule has 1 unspecified atom stereocenters. The Bertz CT molecular complexity index is 450. The summed E-state index contributed by atoms with van der Waals surface area (Å²) >= 11 is 3.41. The lowest BCUT2D eigenvalue weighted by Crippen LogP contribution is -2.41. The van der Waals surface area contributed by atoms with Gasteiger partial charge in [0.1, 0.15) is 11.5 Å². The van der Waals surface area contributed by atoms with Crippen LogP contribution in [-0.4, -0.2) is 31.5 Å². The molecule has 1 aromatic carbocycles. The number of alkyl halides is 1. The van der Waals surface area contributed by atoms with Crippen molar-refractivity contribution >= 4 is 27.5 Å². The average Bonchev–Trinajstić information content (AvgIpc) is 2.41. The number of halogens is 1. The van der Waals surface area contributed by atoms with Crippen molar-refractivity contribution in [1.29, 1.82) is 0 Å². The normalized spacial score (nSPS) is 19.8. The molecule has 0 aromatic heterocycles. The van der Waals surface area contributed by atoms with Gasteiger partial charge in [0, 0.05) is 12.6 Å². The van der Waals surface area contributed by atoms with Crippen LogP contribution < -0.4 is 14.4 Å². The van der Waals surface area contributed by atoms with E-state index in [1.54, 1.807) is 19.1 Å².